The Labute approximate surface area is 140 Å². The van der Waals surface area contributed by atoms with Crippen LogP contribution in [0.25, 0.3) is 5.78 Å². The maximum atomic E-state index is 6.07. The van der Waals surface area contributed by atoms with E-state index in [2.05, 4.69) is 44.6 Å². The van der Waals surface area contributed by atoms with Gasteiger partial charge in [-0.1, -0.05) is 30.3 Å². The van der Waals surface area contributed by atoms with Gasteiger partial charge in [-0.3, -0.25) is 0 Å². The van der Waals surface area contributed by atoms with E-state index in [9.17, 15) is 0 Å². The van der Waals surface area contributed by atoms with Gasteiger partial charge in [-0.25, -0.2) is 4.98 Å². The fourth-order valence-corrected chi connectivity index (χ4v) is 3.36. The summed E-state index contributed by atoms with van der Waals surface area (Å²) >= 11 is 0. The largest absolute Gasteiger partial charge is 0.373 e. The van der Waals surface area contributed by atoms with Crippen molar-refractivity contribution in [2.75, 3.05) is 18.5 Å². The monoisotopic (exact) mass is 323 g/mol. The molecular weight excluding hydrogens is 302 g/mol. The molecular formula is C18H21N5O. The third kappa shape index (κ3) is 2.97. The molecule has 1 aliphatic rings. The van der Waals surface area contributed by atoms with Crippen molar-refractivity contribution in [1.29, 1.82) is 0 Å². The lowest BCUT2D eigenvalue weighted by atomic mass is 9.89. The Morgan fingerprint density at radius 2 is 2.17 bits per heavy atom. The second kappa shape index (κ2) is 6.57. The minimum atomic E-state index is 0.140. The van der Waals surface area contributed by atoms with E-state index in [-0.39, 0.29) is 6.10 Å². The van der Waals surface area contributed by atoms with Crippen LogP contribution in [-0.4, -0.2) is 32.7 Å². The zero-order valence-corrected chi connectivity index (χ0v) is 13.7. The highest BCUT2D eigenvalue weighted by Gasteiger charge is 2.27. The van der Waals surface area contributed by atoms with Crippen molar-refractivity contribution in [2.24, 2.45) is 5.92 Å². The Bertz CT molecular complexity index is 817. The van der Waals surface area contributed by atoms with E-state index in [4.69, 9.17) is 4.74 Å². The van der Waals surface area contributed by atoms with Crippen LogP contribution in [0.1, 0.15) is 30.2 Å². The molecule has 0 bridgehead atoms. The molecule has 124 valence electrons. The summed E-state index contributed by atoms with van der Waals surface area (Å²) in [5.74, 6) is 1.97. The van der Waals surface area contributed by atoms with Crippen molar-refractivity contribution >= 4 is 11.6 Å². The molecule has 3 aromatic rings. The predicted octanol–water partition coefficient (Wildman–Crippen LogP) is 3.01. The lowest BCUT2D eigenvalue weighted by Gasteiger charge is -2.32. The number of aryl methyl sites for hydroxylation is 1. The van der Waals surface area contributed by atoms with Crippen molar-refractivity contribution in [2.45, 2.75) is 25.9 Å². The number of anilines is 1. The first-order valence-corrected chi connectivity index (χ1v) is 8.39. The number of aromatic nitrogens is 4. The molecule has 1 N–H and O–H groups in total. The summed E-state index contributed by atoms with van der Waals surface area (Å²) in [5, 5.41) is 7.77. The van der Waals surface area contributed by atoms with Gasteiger partial charge in [0.2, 0.25) is 0 Å². The first-order chi connectivity index (χ1) is 11.8. The average Bonchev–Trinajstić information content (AvgIpc) is 3.09. The number of nitrogens with one attached hydrogen (secondary N) is 1. The van der Waals surface area contributed by atoms with Crippen LogP contribution < -0.4 is 5.32 Å². The van der Waals surface area contributed by atoms with Crippen molar-refractivity contribution in [3.63, 3.8) is 0 Å². The molecule has 3 heterocycles. The number of rotatable bonds is 4. The van der Waals surface area contributed by atoms with Crippen molar-refractivity contribution in [1.82, 2.24) is 19.6 Å². The summed E-state index contributed by atoms with van der Waals surface area (Å²) in [7, 11) is 0. The third-order valence-electron chi connectivity index (χ3n) is 4.50. The van der Waals surface area contributed by atoms with Gasteiger partial charge in [0.25, 0.3) is 5.78 Å². The number of nitrogens with zero attached hydrogens (tertiary/aromatic N) is 4. The molecule has 0 radical (unpaired) electrons. The minimum Gasteiger partial charge on any atom is -0.373 e. The Balaban J connectivity index is 1.54. The molecule has 0 saturated carbocycles. The molecule has 1 fully saturated rings. The van der Waals surface area contributed by atoms with Crippen LogP contribution in [0.2, 0.25) is 0 Å². The first-order valence-electron chi connectivity index (χ1n) is 8.39. The minimum absolute atomic E-state index is 0.140. The number of hydrogen-bond donors (Lipinski definition) is 1. The highest BCUT2D eigenvalue weighted by atomic mass is 16.5. The molecule has 2 atom stereocenters. The average molecular weight is 323 g/mol. The molecule has 1 aliphatic heterocycles. The van der Waals surface area contributed by atoms with Gasteiger partial charge in [0, 0.05) is 30.8 Å². The zero-order chi connectivity index (χ0) is 16.4. The van der Waals surface area contributed by atoms with Crippen LogP contribution in [-0.2, 0) is 4.74 Å². The van der Waals surface area contributed by atoms with Gasteiger partial charge in [0.15, 0.2) is 0 Å². The maximum Gasteiger partial charge on any atom is 0.254 e. The molecule has 0 amide bonds. The molecule has 2 unspecified atom stereocenters. The summed E-state index contributed by atoms with van der Waals surface area (Å²) in [6.45, 7) is 3.63. The Kier molecular flexibility index (Phi) is 4.13. The SMILES string of the molecule is Cc1cc(NCC2CCCOC2c2ccccc2)n2ncnc2n1. The zero-order valence-electron chi connectivity index (χ0n) is 13.7. The topological polar surface area (TPSA) is 64.3 Å². The van der Waals surface area contributed by atoms with E-state index in [1.807, 2.05) is 19.1 Å². The van der Waals surface area contributed by atoms with Crippen molar-refractivity contribution in [3.05, 3.63) is 54.0 Å². The Hall–Kier alpha value is -2.47. The number of benzene rings is 1. The lowest BCUT2D eigenvalue weighted by molar-refractivity contribution is -0.0238. The fraction of sp³-hybridized carbons (Fsp3) is 0.389. The van der Waals surface area contributed by atoms with Crippen LogP contribution in [0.3, 0.4) is 0 Å². The number of fused-ring (bicyclic) bond motifs is 1. The highest BCUT2D eigenvalue weighted by molar-refractivity contribution is 5.44. The molecule has 1 saturated heterocycles. The summed E-state index contributed by atoms with van der Waals surface area (Å²) in [6, 6.07) is 12.5. The van der Waals surface area contributed by atoms with Gasteiger partial charge in [-0.15, -0.1) is 0 Å². The van der Waals surface area contributed by atoms with Gasteiger partial charge in [0.1, 0.15) is 12.1 Å². The molecule has 0 aliphatic carbocycles. The fourth-order valence-electron chi connectivity index (χ4n) is 3.36. The van der Waals surface area contributed by atoms with Gasteiger partial charge in [-0.2, -0.15) is 14.6 Å². The van der Waals surface area contributed by atoms with Crippen LogP contribution in [0, 0.1) is 12.8 Å². The highest BCUT2D eigenvalue weighted by Crippen LogP contribution is 2.33. The van der Waals surface area contributed by atoms with Gasteiger partial charge < -0.3 is 10.1 Å². The second-order valence-corrected chi connectivity index (χ2v) is 6.24. The van der Waals surface area contributed by atoms with Crippen LogP contribution >= 0.6 is 0 Å². The van der Waals surface area contributed by atoms with Gasteiger partial charge in [-0.05, 0) is 25.3 Å². The normalized spacial score (nSPS) is 21.0. The van der Waals surface area contributed by atoms with Gasteiger partial charge >= 0.3 is 0 Å². The smallest absolute Gasteiger partial charge is 0.254 e. The summed E-state index contributed by atoms with van der Waals surface area (Å²) in [6.07, 6.45) is 3.92. The predicted molar refractivity (Wildman–Crippen MR) is 91.9 cm³/mol. The van der Waals surface area contributed by atoms with E-state index in [0.29, 0.717) is 11.7 Å². The van der Waals surface area contributed by atoms with Gasteiger partial charge in [0.05, 0.1) is 6.10 Å². The molecule has 4 rings (SSSR count). The molecule has 0 spiro atoms. The molecule has 24 heavy (non-hydrogen) atoms. The quantitative estimate of drug-likeness (QED) is 0.799. The summed E-state index contributed by atoms with van der Waals surface area (Å²) in [4.78, 5) is 8.55. The maximum absolute atomic E-state index is 6.07. The molecule has 6 nitrogen and oxygen atoms in total. The van der Waals surface area contributed by atoms with E-state index in [1.165, 1.54) is 11.9 Å². The molecule has 1 aromatic carbocycles. The van der Waals surface area contributed by atoms with E-state index >= 15 is 0 Å². The molecule has 2 aromatic heterocycles. The second-order valence-electron chi connectivity index (χ2n) is 6.24. The van der Waals surface area contributed by atoms with Crippen LogP contribution in [0.15, 0.2) is 42.7 Å². The summed E-state index contributed by atoms with van der Waals surface area (Å²) < 4.78 is 7.82. The molecule has 6 heteroatoms. The van der Waals surface area contributed by atoms with E-state index in [0.717, 1.165) is 37.5 Å². The van der Waals surface area contributed by atoms with Crippen LogP contribution in [0.5, 0.6) is 0 Å². The Morgan fingerprint density at radius 1 is 1.29 bits per heavy atom. The third-order valence-corrected chi connectivity index (χ3v) is 4.50. The Morgan fingerprint density at radius 3 is 3.04 bits per heavy atom. The van der Waals surface area contributed by atoms with Crippen LogP contribution in [0.4, 0.5) is 5.82 Å². The van der Waals surface area contributed by atoms with E-state index in [1.54, 1.807) is 4.52 Å². The number of hydrogen-bond acceptors (Lipinski definition) is 5. The van der Waals surface area contributed by atoms with Crippen molar-refractivity contribution in [3.8, 4) is 0 Å². The summed E-state index contributed by atoms with van der Waals surface area (Å²) in [5.41, 5.74) is 2.18. The van der Waals surface area contributed by atoms with Crippen molar-refractivity contribution < 1.29 is 4.74 Å². The number of ether oxygens (including phenoxy) is 1. The lowest BCUT2D eigenvalue weighted by Crippen LogP contribution is -2.28. The standard InChI is InChI=1S/C18H21N5O/c1-13-10-16(23-18(22-13)20-12-21-23)19-11-15-8-5-9-24-17(15)14-6-3-2-4-7-14/h2-4,6-7,10,12,15,17,19H,5,8-9,11H2,1H3. The van der Waals surface area contributed by atoms with E-state index < -0.39 is 0 Å². The first kappa shape index (κ1) is 15.1.